The fourth-order valence-electron chi connectivity index (χ4n) is 4.56. The van der Waals surface area contributed by atoms with Crippen LogP contribution in [-0.2, 0) is 6.42 Å². The second-order valence-electron chi connectivity index (χ2n) is 9.31. The summed E-state index contributed by atoms with van der Waals surface area (Å²) >= 11 is 1.62. The lowest BCUT2D eigenvalue weighted by atomic mass is 10.0. The molecule has 0 aliphatic carbocycles. The smallest absolute Gasteiger partial charge is 0.319 e. The normalized spacial score (nSPS) is 14.6. The van der Waals surface area contributed by atoms with Crippen molar-refractivity contribution in [1.82, 2.24) is 14.9 Å². The molecule has 0 radical (unpaired) electrons. The number of piperazine rings is 1. The Labute approximate surface area is 226 Å². The van der Waals surface area contributed by atoms with Gasteiger partial charge in [-0.1, -0.05) is 49.4 Å². The van der Waals surface area contributed by atoms with E-state index in [4.69, 9.17) is 14.8 Å². The third kappa shape index (κ3) is 5.80. The Balaban J connectivity index is 1.31. The molecule has 2 aromatic carbocycles. The first-order valence-corrected chi connectivity index (χ1v) is 13.8. The zero-order valence-corrected chi connectivity index (χ0v) is 22.2. The van der Waals surface area contributed by atoms with Gasteiger partial charge in [-0.05, 0) is 35.7 Å². The molecule has 9 heteroatoms. The summed E-state index contributed by atoms with van der Waals surface area (Å²) in [5.74, 6) is 0.840. The Morgan fingerprint density at radius 2 is 1.79 bits per heavy atom. The zero-order valence-electron chi connectivity index (χ0n) is 21.4. The molecule has 1 aliphatic rings. The molecule has 1 amide bonds. The summed E-state index contributed by atoms with van der Waals surface area (Å²) in [5.41, 5.74) is 2.81. The Kier molecular flexibility index (Phi) is 8.17. The van der Waals surface area contributed by atoms with Crippen LogP contribution in [0.1, 0.15) is 28.6 Å². The van der Waals surface area contributed by atoms with Crippen molar-refractivity contribution in [3.05, 3.63) is 71.1 Å². The van der Waals surface area contributed by atoms with Gasteiger partial charge >= 0.3 is 6.01 Å². The number of aryl methyl sites for hydroxylation is 1. The van der Waals surface area contributed by atoms with Gasteiger partial charge < -0.3 is 24.7 Å². The second kappa shape index (κ2) is 11.9. The highest BCUT2D eigenvalue weighted by Gasteiger charge is 2.26. The number of aromatic nitrogens is 2. The fraction of sp³-hybridized carbons (Fsp3) is 0.345. The molecule has 5 rings (SSSR count). The molecule has 8 nitrogen and oxygen atoms in total. The minimum Gasteiger partial charge on any atom is -0.463 e. The monoisotopic (exact) mass is 532 g/mol. The van der Waals surface area contributed by atoms with Gasteiger partial charge in [0.2, 0.25) is 0 Å². The van der Waals surface area contributed by atoms with Gasteiger partial charge in [0.25, 0.3) is 5.91 Å². The number of carbonyl (C=O) groups excluding carboxylic acids is 1. The molecule has 1 atom stereocenters. The van der Waals surface area contributed by atoms with E-state index in [9.17, 15) is 9.90 Å². The first kappa shape index (κ1) is 26.1. The quantitative estimate of drug-likeness (QED) is 0.336. The van der Waals surface area contributed by atoms with Gasteiger partial charge in [0.05, 0.1) is 24.7 Å². The predicted molar refractivity (Wildman–Crippen MR) is 150 cm³/mol. The van der Waals surface area contributed by atoms with Gasteiger partial charge in [-0.25, -0.2) is 0 Å². The Bertz CT molecular complexity index is 1390. The van der Waals surface area contributed by atoms with Crippen LogP contribution in [-0.4, -0.2) is 76.5 Å². The van der Waals surface area contributed by atoms with E-state index in [-0.39, 0.29) is 25.1 Å². The van der Waals surface area contributed by atoms with Crippen molar-refractivity contribution in [2.45, 2.75) is 25.9 Å². The Morgan fingerprint density at radius 3 is 2.53 bits per heavy atom. The first-order chi connectivity index (χ1) is 18.6. The minimum atomic E-state index is -0.828. The fourth-order valence-corrected chi connectivity index (χ4v) is 5.51. The predicted octanol–water partition coefficient (Wildman–Crippen LogP) is 4.01. The molecule has 1 saturated heterocycles. The Morgan fingerprint density at radius 1 is 1.03 bits per heavy atom. The van der Waals surface area contributed by atoms with Crippen molar-refractivity contribution >= 4 is 33.3 Å². The van der Waals surface area contributed by atoms with Crippen LogP contribution in [0.4, 0.5) is 5.82 Å². The number of benzene rings is 2. The van der Waals surface area contributed by atoms with Crippen LogP contribution in [0.2, 0.25) is 0 Å². The molecule has 3 heterocycles. The Hall–Kier alpha value is -3.53. The van der Waals surface area contributed by atoms with Crippen LogP contribution in [0.5, 0.6) is 6.01 Å². The third-order valence-corrected chi connectivity index (χ3v) is 7.90. The molecule has 0 bridgehead atoms. The largest absolute Gasteiger partial charge is 0.463 e. The second-order valence-corrected chi connectivity index (χ2v) is 10.4. The molecular formula is C29H32N4O4S. The van der Waals surface area contributed by atoms with Crippen LogP contribution in [0.3, 0.4) is 0 Å². The molecule has 0 spiro atoms. The number of rotatable bonds is 9. The van der Waals surface area contributed by atoms with E-state index in [0.29, 0.717) is 38.2 Å². The molecule has 38 heavy (non-hydrogen) atoms. The summed E-state index contributed by atoms with van der Waals surface area (Å²) < 4.78 is 5.75. The van der Waals surface area contributed by atoms with E-state index in [2.05, 4.69) is 22.9 Å². The number of carbonyl (C=O) groups is 1. The van der Waals surface area contributed by atoms with Crippen molar-refractivity contribution < 1.29 is 19.7 Å². The van der Waals surface area contributed by atoms with Crippen LogP contribution in [0, 0.1) is 0 Å². The molecule has 0 saturated carbocycles. The number of nitrogens with zero attached hydrogens (tertiary/aromatic N) is 4. The van der Waals surface area contributed by atoms with Crippen molar-refractivity contribution in [3.8, 4) is 17.1 Å². The third-order valence-electron chi connectivity index (χ3n) is 6.73. The summed E-state index contributed by atoms with van der Waals surface area (Å²) in [7, 11) is 0. The van der Waals surface area contributed by atoms with Crippen LogP contribution in [0.25, 0.3) is 21.3 Å². The number of fused-ring (bicyclic) bond motifs is 1. The molecule has 2 aromatic heterocycles. The van der Waals surface area contributed by atoms with Gasteiger partial charge in [-0.2, -0.15) is 9.97 Å². The summed E-state index contributed by atoms with van der Waals surface area (Å²) in [4.78, 5) is 28.8. The lowest BCUT2D eigenvalue weighted by Crippen LogP contribution is -2.49. The van der Waals surface area contributed by atoms with E-state index in [1.165, 1.54) is 4.88 Å². The average molecular weight is 533 g/mol. The van der Waals surface area contributed by atoms with E-state index < -0.39 is 6.10 Å². The number of aliphatic hydroxyl groups excluding tert-OH is 2. The van der Waals surface area contributed by atoms with E-state index in [1.54, 1.807) is 11.3 Å². The molecule has 2 N–H and O–H groups in total. The highest BCUT2D eigenvalue weighted by Crippen LogP contribution is 2.33. The SMILES string of the molecule is CCc1cc2c(N3CCN(C(=O)c4cccc(-c5ccccc5)c4)CC3)nc(OCC[C@H](O)CO)nc2s1. The van der Waals surface area contributed by atoms with Crippen molar-refractivity contribution in [1.29, 1.82) is 0 Å². The lowest BCUT2D eigenvalue weighted by molar-refractivity contribution is 0.0737. The zero-order chi connectivity index (χ0) is 26.5. The summed E-state index contributed by atoms with van der Waals surface area (Å²) in [6.45, 7) is 4.49. The molecule has 1 fully saturated rings. The van der Waals surface area contributed by atoms with Crippen molar-refractivity contribution in [2.75, 3.05) is 44.3 Å². The average Bonchev–Trinajstić information content (AvgIpc) is 3.40. The number of aliphatic hydroxyl groups is 2. The number of amides is 1. The van der Waals surface area contributed by atoms with Gasteiger partial charge in [-0.15, -0.1) is 11.3 Å². The standard InChI is InChI=1S/C29H32N4O4S/c1-2-24-18-25-26(30-29(31-27(25)38-24)37-16-11-23(35)19-34)32-12-14-33(15-13-32)28(36)22-10-6-9-21(17-22)20-7-4-3-5-8-20/h3-10,17-18,23,34-35H,2,11-16,19H2,1H3/t23-/m0/s1. The van der Waals surface area contributed by atoms with Gasteiger partial charge in [0.1, 0.15) is 10.6 Å². The lowest BCUT2D eigenvalue weighted by Gasteiger charge is -2.35. The number of hydrogen-bond acceptors (Lipinski definition) is 8. The summed E-state index contributed by atoms with van der Waals surface area (Å²) in [6.07, 6.45) is 0.374. The number of ether oxygens (including phenoxy) is 1. The molecule has 198 valence electrons. The number of anilines is 1. The summed E-state index contributed by atoms with van der Waals surface area (Å²) in [6, 6.07) is 20.3. The van der Waals surface area contributed by atoms with Gasteiger partial charge in [0.15, 0.2) is 0 Å². The van der Waals surface area contributed by atoms with E-state index in [0.717, 1.165) is 33.6 Å². The number of hydrogen-bond donors (Lipinski definition) is 2. The minimum absolute atomic E-state index is 0.0329. The van der Waals surface area contributed by atoms with Crippen LogP contribution >= 0.6 is 11.3 Å². The molecule has 1 aliphatic heterocycles. The van der Waals surface area contributed by atoms with E-state index >= 15 is 0 Å². The topological polar surface area (TPSA) is 99.0 Å². The first-order valence-electron chi connectivity index (χ1n) is 13.0. The van der Waals surface area contributed by atoms with E-state index in [1.807, 2.05) is 59.5 Å². The highest BCUT2D eigenvalue weighted by molar-refractivity contribution is 7.18. The van der Waals surface area contributed by atoms with Crippen molar-refractivity contribution in [2.24, 2.45) is 0 Å². The maximum absolute atomic E-state index is 13.4. The molecular weight excluding hydrogens is 500 g/mol. The van der Waals surface area contributed by atoms with Gasteiger partial charge in [-0.3, -0.25) is 4.79 Å². The molecule has 0 unspecified atom stereocenters. The summed E-state index contributed by atoms with van der Waals surface area (Å²) in [5, 5.41) is 19.7. The maximum Gasteiger partial charge on any atom is 0.319 e. The van der Waals surface area contributed by atoms with Crippen LogP contribution in [0.15, 0.2) is 60.7 Å². The van der Waals surface area contributed by atoms with Gasteiger partial charge in [0, 0.05) is 43.0 Å². The van der Waals surface area contributed by atoms with Crippen LogP contribution < -0.4 is 9.64 Å². The highest BCUT2D eigenvalue weighted by atomic mass is 32.1. The molecule has 4 aromatic rings. The van der Waals surface area contributed by atoms with Crippen molar-refractivity contribution in [3.63, 3.8) is 0 Å². The number of thiophene rings is 1. The maximum atomic E-state index is 13.4.